The van der Waals surface area contributed by atoms with Gasteiger partial charge in [0, 0.05) is 4.47 Å². The van der Waals surface area contributed by atoms with Gasteiger partial charge in [-0.3, -0.25) is 0 Å². The van der Waals surface area contributed by atoms with Crippen molar-refractivity contribution >= 4 is 21.9 Å². The monoisotopic (exact) mass is 316 g/mol. The highest BCUT2D eigenvalue weighted by atomic mass is 79.9. The Hall–Kier alpha value is -1.61. The molecule has 1 fully saturated rings. The summed E-state index contributed by atoms with van der Waals surface area (Å²) in [5.74, 6) is -0.177. The molecule has 1 N–H and O–H groups in total. The lowest BCUT2D eigenvalue weighted by molar-refractivity contribution is 0.0697. The summed E-state index contributed by atoms with van der Waals surface area (Å²) in [6.07, 6.45) is 2.55. The van der Waals surface area contributed by atoms with Crippen LogP contribution in [0.3, 0.4) is 0 Å². The van der Waals surface area contributed by atoms with Gasteiger partial charge in [0.05, 0.1) is 5.56 Å². The molecule has 1 aliphatic rings. The fourth-order valence-corrected chi connectivity index (χ4v) is 2.65. The Morgan fingerprint density at radius 3 is 2.37 bits per heavy atom. The van der Waals surface area contributed by atoms with E-state index in [1.54, 1.807) is 12.1 Å². The predicted molar refractivity (Wildman–Crippen MR) is 78.5 cm³/mol. The van der Waals surface area contributed by atoms with E-state index in [2.05, 4.69) is 28.1 Å². The van der Waals surface area contributed by atoms with E-state index in [1.165, 1.54) is 18.4 Å². The number of hydrogen-bond acceptors (Lipinski definition) is 1. The molecule has 96 valence electrons. The second-order valence-electron chi connectivity index (χ2n) is 4.89. The van der Waals surface area contributed by atoms with E-state index in [0.29, 0.717) is 5.56 Å². The Kier molecular flexibility index (Phi) is 3.15. The minimum Gasteiger partial charge on any atom is -0.478 e. The van der Waals surface area contributed by atoms with Crippen LogP contribution in [0.4, 0.5) is 0 Å². The van der Waals surface area contributed by atoms with Crippen LogP contribution in [0.1, 0.15) is 34.7 Å². The van der Waals surface area contributed by atoms with Gasteiger partial charge in [-0.15, -0.1) is 0 Å². The van der Waals surface area contributed by atoms with Crippen molar-refractivity contribution in [1.29, 1.82) is 0 Å². The Labute approximate surface area is 120 Å². The standard InChI is InChI=1S/C16H13BrO2/c17-13-7-8-14(16(18)19)15(9-13)12-5-3-11(4-6-12)10-1-2-10/h3-10H,1-2H2,(H,18,19). The molecule has 0 heterocycles. The topological polar surface area (TPSA) is 37.3 Å². The van der Waals surface area contributed by atoms with Crippen LogP contribution in [0, 0.1) is 0 Å². The van der Waals surface area contributed by atoms with Crippen molar-refractivity contribution in [3.63, 3.8) is 0 Å². The van der Waals surface area contributed by atoms with E-state index in [0.717, 1.165) is 21.5 Å². The number of carboxylic acids is 1. The molecule has 0 bridgehead atoms. The Morgan fingerprint density at radius 1 is 1.11 bits per heavy atom. The first-order valence-corrected chi connectivity index (χ1v) is 7.07. The highest BCUT2D eigenvalue weighted by Gasteiger charge is 2.23. The van der Waals surface area contributed by atoms with Crippen LogP contribution in [0.15, 0.2) is 46.9 Å². The number of benzene rings is 2. The minimum atomic E-state index is -0.895. The van der Waals surface area contributed by atoms with Crippen molar-refractivity contribution in [3.05, 3.63) is 58.1 Å². The largest absolute Gasteiger partial charge is 0.478 e. The quantitative estimate of drug-likeness (QED) is 0.891. The predicted octanol–water partition coefficient (Wildman–Crippen LogP) is 4.69. The van der Waals surface area contributed by atoms with Crippen LogP contribution in [0.25, 0.3) is 11.1 Å². The maximum absolute atomic E-state index is 11.3. The molecule has 0 unspecified atom stereocenters. The third-order valence-corrected chi connectivity index (χ3v) is 3.98. The van der Waals surface area contributed by atoms with Gasteiger partial charge in [0.25, 0.3) is 0 Å². The fourth-order valence-electron chi connectivity index (χ4n) is 2.29. The van der Waals surface area contributed by atoms with Gasteiger partial charge in [-0.2, -0.15) is 0 Å². The van der Waals surface area contributed by atoms with Gasteiger partial charge in [-0.05, 0) is 53.6 Å². The van der Waals surface area contributed by atoms with Gasteiger partial charge in [0.15, 0.2) is 0 Å². The van der Waals surface area contributed by atoms with Crippen LogP contribution in [-0.4, -0.2) is 11.1 Å². The van der Waals surface area contributed by atoms with Crippen LogP contribution in [0.2, 0.25) is 0 Å². The van der Waals surface area contributed by atoms with Crippen LogP contribution in [0.5, 0.6) is 0 Å². The summed E-state index contributed by atoms with van der Waals surface area (Å²) < 4.78 is 0.888. The molecule has 0 amide bonds. The van der Waals surface area contributed by atoms with Gasteiger partial charge >= 0.3 is 5.97 Å². The SMILES string of the molecule is O=C(O)c1ccc(Br)cc1-c1ccc(C2CC2)cc1. The Bertz CT molecular complexity index is 628. The van der Waals surface area contributed by atoms with Crippen molar-refractivity contribution in [2.45, 2.75) is 18.8 Å². The van der Waals surface area contributed by atoms with Crippen molar-refractivity contribution in [3.8, 4) is 11.1 Å². The molecule has 0 radical (unpaired) electrons. The van der Waals surface area contributed by atoms with Gasteiger partial charge in [-0.25, -0.2) is 4.79 Å². The molecular weight excluding hydrogens is 304 g/mol. The first kappa shape index (κ1) is 12.4. The van der Waals surface area contributed by atoms with Crippen LogP contribution in [-0.2, 0) is 0 Å². The van der Waals surface area contributed by atoms with Crippen molar-refractivity contribution in [2.24, 2.45) is 0 Å². The average Bonchev–Trinajstić information content (AvgIpc) is 3.23. The smallest absolute Gasteiger partial charge is 0.336 e. The van der Waals surface area contributed by atoms with Crippen molar-refractivity contribution in [2.75, 3.05) is 0 Å². The lowest BCUT2D eigenvalue weighted by atomic mass is 9.98. The van der Waals surface area contributed by atoms with Crippen molar-refractivity contribution < 1.29 is 9.90 Å². The van der Waals surface area contributed by atoms with E-state index in [1.807, 2.05) is 18.2 Å². The summed E-state index contributed by atoms with van der Waals surface area (Å²) in [6, 6.07) is 13.5. The Balaban J connectivity index is 2.04. The normalized spacial score (nSPS) is 14.4. The molecule has 1 aliphatic carbocycles. The third-order valence-electron chi connectivity index (χ3n) is 3.48. The van der Waals surface area contributed by atoms with E-state index in [4.69, 9.17) is 0 Å². The number of hydrogen-bond donors (Lipinski definition) is 1. The summed E-state index contributed by atoms with van der Waals surface area (Å²) in [6.45, 7) is 0. The summed E-state index contributed by atoms with van der Waals surface area (Å²) >= 11 is 3.40. The van der Waals surface area contributed by atoms with Crippen LogP contribution >= 0.6 is 15.9 Å². The molecule has 2 aromatic carbocycles. The highest BCUT2D eigenvalue weighted by Crippen LogP contribution is 2.40. The van der Waals surface area contributed by atoms with E-state index in [9.17, 15) is 9.90 Å². The molecule has 0 saturated heterocycles. The van der Waals surface area contributed by atoms with Gasteiger partial charge in [0.1, 0.15) is 0 Å². The first-order chi connectivity index (χ1) is 9.15. The number of aromatic carboxylic acids is 1. The lowest BCUT2D eigenvalue weighted by Crippen LogP contribution is -1.99. The van der Waals surface area contributed by atoms with Crippen molar-refractivity contribution in [1.82, 2.24) is 0 Å². The molecule has 0 aliphatic heterocycles. The molecule has 1 saturated carbocycles. The average molecular weight is 317 g/mol. The zero-order valence-electron chi connectivity index (χ0n) is 10.3. The van der Waals surface area contributed by atoms with Gasteiger partial charge < -0.3 is 5.11 Å². The summed E-state index contributed by atoms with van der Waals surface area (Å²) in [5, 5.41) is 9.26. The molecule has 0 spiro atoms. The molecule has 0 aromatic heterocycles. The molecular formula is C16H13BrO2. The van der Waals surface area contributed by atoms with E-state index in [-0.39, 0.29) is 0 Å². The van der Waals surface area contributed by atoms with Gasteiger partial charge in [0.2, 0.25) is 0 Å². The lowest BCUT2D eigenvalue weighted by Gasteiger charge is -2.08. The number of carboxylic acid groups (broad SMARTS) is 1. The zero-order chi connectivity index (χ0) is 13.4. The summed E-state index contributed by atoms with van der Waals surface area (Å²) in [5.41, 5.74) is 3.39. The fraction of sp³-hybridized carbons (Fsp3) is 0.188. The first-order valence-electron chi connectivity index (χ1n) is 6.28. The Morgan fingerprint density at radius 2 is 1.79 bits per heavy atom. The highest BCUT2D eigenvalue weighted by molar-refractivity contribution is 9.10. The molecule has 0 atom stereocenters. The molecule has 2 aromatic rings. The molecule has 3 rings (SSSR count). The minimum absolute atomic E-state index is 0.336. The maximum Gasteiger partial charge on any atom is 0.336 e. The molecule has 3 heteroatoms. The maximum atomic E-state index is 11.3. The summed E-state index contributed by atoms with van der Waals surface area (Å²) in [4.78, 5) is 11.3. The number of rotatable bonds is 3. The number of halogens is 1. The van der Waals surface area contributed by atoms with Gasteiger partial charge in [-0.1, -0.05) is 40.2 Å². The zero-order valence-corrected chi connectivity index (χ0v) is 11.9. The van der Waals surface area contributed by atoms with E-state index < -0.39 is 5.97 Å². The van der Waals surface area contributed by atoms with E-state index >= 15 is 0 Å². The third kappa shape index (κ3) is 2.56. The summed E-state index contributed by atoms with van der Waals surface area (Å²) in [7, 11) is 0. The molecule has 19 heavy (non-hydrogen) atoms. The molecule has 2 nitrogen and oxygen atoms in total. The number of carbonyl (C=O) groups is 1. The second kappa shape index (κ2) is 4.82. The van der Waals surface area contributed by atoms with Crippen LogP contribution < -0.4 is 0 Å². The second-order valence-corrected chi connectivity index (χ2v) is 5.81.